The van der Waals surface area contributed by atoms with Crippen LogP contribution in [0.15, 0.2) is 0 Å². The molecule has 8 heteroatoms. The number of esters is 1. The Hall–Kier alpha value is -2.12. The van der Waals surface area contributed by atoms with Gasteiger partial charge in [0.05, 0.1) is 7.11 Å². The molecule has 8 nitrogen and oxygen atoms in total. The number of carbonyl (C=O) groups is 4. The van der Waals surface area contributed by atoms with Gasteiger partial charge in [-0.2, -0.15) is 0 Å². The number of nitrogens with one attached hydrogen (secondary N) is 2. The molecule has 0 aromatic rings. The monoisotopic (exact) mass is 408 g/mol. The lowest BCUT2D eigenvalue weighted by Gasteiger charge is -2.55. The van der Waals surface area contributed by atoms with Crippen LogP contribution < -0.4 is 10.6 Å². The van der Waals surface area contributed by atoms with Crippen LogP contribution in [0.4, 0.5) is 4.79 Å². The molecule has 2 atom stereocenters. The first kappa shape index (κ1) is 21.6. The lowest BCUT2D eigenvalue weighted by Crippen LogP contribution is -2.57. The standard InChI is InChI=1S/C21H32N2O6/c1-11(2)16(18(25)29-12(3)17(24)23-20(27)28-4)22-19(26)21-8-13-5-14(9-21)7-15(6-13)10-21/h11-16H,5-10H2,1-4H3,(H,22,26)(H,23,24,27)/t12-,13?,14?,15?,16+,21?/m1/s1. The van der Waals surface area contributed by atoms with Crippen molar-refractivity contribution in [1.29, 1.82) is 0 Å². The van der Waals surface area contributed by atoms with E-state index < -0.39 is 30.1 Å². The molecule has 0 aromatic heterocycles. The summed E-state index contributed by atoms with van der Waals surface area (Å²) in [4.78, 5) is 49.0. The minimum absolute atomic E-state index is 0.0566. The Morgan fingerprint density at radius 1 is 0.931 bits per heavy atom. The van der Waals surface area contributed by atoms with E-state index in [2.05, 4.69) is 10.1 Å². The van der Waals surface area contributed by atoms with Gasteiger partial charge in [0.15, 0.2) is 6.10 Å². The molecule has 0 unspecified atom stereocenters. The quantitative estimate of drug-likeness (QED) is 0.652. The second-order valence-electron chi connectivity index (χ2n) is 9.45. The maximum atomic E-state index is 13.3. The van der Waals surface area contributed by atoms with Crippen molar-refractivity contribution in [2.75, 3.05) is 7.11 Å². The second-order valence-corrected chi connectivity index (χ2v) is 9.45. The number of amides is 3. The molecule has 0 aromatic carbocycles. The van der Waals surface area contributed by atoms with Gasteiger partial charge in [-0.15, -0.1) is 0 Å². The fourth-order valence-corrected chi connectivity index (χ4v) is 5.74. The number of hydrogen-bond donors (Lipinski definition) is 2. The smallest absolute Gasteiger partial charge is 0.413 e. The van der Waals surface area contributed by atoms with Gasteiger partial charge in [0.1, 0.15) is 6.04 Å². The summed E-state index contributed by atoms with van der Waals surface area (Å²) in [7, 11) is 1.13. The molecule has 4 bridgehead atoms. The number of ether oxygens (including phenoxy) is 2. The van der Waals surface area contributed by atoms with Crippen molar-refractivity contribution < 1.29 is 28.7 Å². The van der Waals surface area contributed by atoms with Crippen molar-refractivity contribution >= 4 is 23.9 Å². The number of alkyl carbamates (subject to hydrolysis) is 1. The third-order valence-corrected chi connectivity index (χ3v) is 6.80. The van der Waals surface area contributed by atoms with E-state index >= 15 is 0 Å². The minimum atomic E-state index is -1.18. The van der Waals surface area contributed by atoms with E-state index in [0.717, 1.165) is 26.4 Å². The zero-order chi connectivity index (χ0) is 21.3. The van der Waals surface area contributed by atoms with E-state index in [4.69, 9.17) is 4.74 Å². The molecule has 0 aliphatic heterocycles. The van der Waals surface area contributed by atoms with Crippen LogP contribution >= 0.6 is 0 Å². The van der Waals surface area contributed by atoms with Crippen LogP contribution in [0.5, 0.6) is 0 Å². The first-order valence-corrected chi connectivity index (χ1v) is 10.5. The summed E-state index contributed by atoms with van der Waals surface area (Å²) in [6.07, 6.45) is 4.31. The third kappa shape index (κ3) is 4.56. The van der Waals surface area contributed by atoms with Crippen molar-refractivity contribution in [3.05, 3.63) is 0 Å². The fraction of sp³-hybridized carbons (Fsp3) is 0.810. The predicted octanol–water partition coefficient (Wildman–Crippen LogP) is 2.16. The molecule has 0 radical (unpaired) electrons. The maximum absolute atomic E-state index is 13.3. The lowest BCUT2D eigenvalue weighted by atomic mass is 9.49. The van der Waals surface area contributed by atoms with Gasteiger partial charge in [-0.25, -0.2) is 9.59 Å². The van der Waals surface area contributed by atoms with Crippen LogP contribution in [-0.2, 0) is 23.9 Å². The second kappa shape index (κ2) is 8.32. The molecule has 29 heavy (non-hydrogen) atoms. The molecule has 0 saturated heterocycles. The van der Waals surface area contributed by atoms with Gasteiger partial charge in [-0.05, 0) is 69.1 Å². The molecule has 4 rings (SSSR count). The first-order chi connectivity index (χ1) is 13.6. The maximum Gasteiger partial charge on any atom is 0.413 e. The SMILES string of the molecule is COC(=O)NC(=O)[C@@H](C)OC(=O)[C@@H](NC(=O)C12CC3CC(CC(C3)C1)C2)C(C)C. The number of hydrogen-bond acceptors (Lipinski definition) is 6. The van der Waals surface area contributed by atoms with Gasteiger partial charge >= 0.3 is 12.1 Å². The summed E-state index contributed by atoms with van der Waals surface area (Å²) < 4.78 is 9.59. The van der Waals surface area contributed by atoms with E-state index in [9.17, 15) is 19.2 Å². The van der Waals surface area contributed by atoms with Crippen LogP contribution in [0.1, 0.15) is 59.3 Å². The number of imide groups is 1. The Labute approximate surface area is 171 Å². The Morgan fingerprint density at radius 2 is 1.45 bits per heavy atom. The molecule has 4 aliphatic rings. The zero-order valence-corrected chi connectivity index (χ0v) is 17.7. The lowest BCUT2D eigenvalue weighted by molar-refractivity contribution is -0.161. The van der Waals surface area contributed by atoms with Crippen LogP contribution in [0.25, 0.3) is 0 Å². The topological polar surface area (TPSA) is 111 Å². The average Bonchev–Trinajstić information content (AvgIpc) is 2.64. The summed E-state index contributed by atoms with van der Waals surface area (Å²) in [5.41, 5.74) is -0.365. The van der Waals surface area contributed by atoms with Gasteiger partial charge in [-0.1, -0.05) is 13.8 Å². The van der Waals surface area contributed by atoms with Crippen LogP contribution in [-0.4, -0.2) is 43.1 Å². The number of methoxy groups -OCH3 is 1. The molecule has 4 aliphatic carbocycles. The average molecular weight is 408 g/mol. The zero-order valence-electron chi connectivity index (χ0n) is 17.7. The molecule has 2 N–H and O–H groups in total. The molecular formula is C21H32N2O6. The summed E-state index contributed by atoms with van der Waals surface area (Å²) in [6.45, 7) is 5.02. The van der Waals surface area contributed by atoms with E-state index in [0.29, 0.717) is 17.8 Å². The van der Waals surface area contributed by atoms with Crippen molar-refractivity contribution in [3.8, 4) is 0 Å². The summed E-state index contributed by atoms with van der Waals surface area (Å²) in [6, 6.07) is -0.844. The van der Waals surface area contributed by atoms with Gasteiger partial charge in [0, 0.05) is 5.41 Å². The van der Waals surface area contributed by atoms with Crippen LogP contribution in [0, 0.1) is 29.1 Å². The van der Waals surface area contributed by atoms with Gasteiger partial charge in [-0.3, -0.25) is 14.9 Å². The highest BCUT2D eigenvalue weighted by Crippen LogP contribution is 2.60. The minimum Gasteiger partial charge on any atom is -0.453 e. The normalized spacial score (nSPS) is 31.7. The summed E-state index contributed by atoms with van der Waals surface area (Å²) >= 11 is 0. The molecule has 0 heterocycles. The Bertz CT molecular complexity index is 653. The highest BCUT2D eigenvalue weighted by atomic mass is 16.6. The van der Waals surface area contributed by atoms with Crippen molar-refractivity contribution in [3.63, 3.8) is 0 Å². The molecule has 4 saturated carbocycles. The van der Waals surface area contributed by atoms with Crippen molar-refractivity contribution in [2.24, 2.45) is 29.1 Å². The van der Waals surface area contributed by atoms with E-state index in [1.807, 2.05) is 19.2 Å². The van der Waals surface area contributed by atoms with E-state index in [-0.39, 0.29) is 17.2 Å². The highest BCUT2D eigenvalue weighted by molar-refractivity contribution is 5.95. The van der Waals surface area contributed by atoms with E-state index in [1.54, 1.807) is 0 Å². The summed E-state index contributed by atoms with van der Waals surface area (Å²) in [5, 5.41) is 4.90. The Kier molecular flexibility index (Phi) is 6.19. The Morgan fingerprint density at radius 3 is 1.90 bits per heavy atom. The molecular weight excluding hydrogens is 376 g/mol. The Balaban J connectivity index is 1.62. The molecule has 162 valence electrons. The van der Waals surface area contributed by atoms with E-state index in [1.165, 1.54) is 26.2 Å². The van der Waals surface area contributed by atoms with Gasteiger partial charge in [0.2, 0.25) is 5.91 Å². The van der Waals surface area contributed by atoms with Crippen molar-refractivity contribution in [1.82, 2.24) is 10.6 Å². The molecule has 3 amide bonds. The number of rotatable bonds is 6. The van der Waals surface area contributed by atoms with Gasteiger partial charge < -0.3 is 14.8 Å². The fourth-order valence-electron chi connectivity index (χ4n) is 5.74. The first-order valence-electron chi connectivity index (χ1n) is 10.5. The van der Waals surface area contributed by atoms with Crippen LogP contribution in [0.2, 0.25) is 0 Å². The predicted molar refractivity (Wildman–Crippen MR) is 103 cm³/mol. The highest BCUT2D eigenvalue weighted by Gasteiger charge is 2.55. The molecule has 4 fully saturated rings. The molecule has 0 spiro atoms. The largest absolute Gasteiger partial charge is 0.453 e. The van der Waals surface area contributed by atoms with Crippen molar-refractivity contribution in [2.45, 2.75) is 71.4 Å². The van der Waals surface area contributed by atoms with Gasteiger partial charge in [0.25, 0.3) is 5.91 Å². The van der Waals surface area contributed by atoms with Crippen LogP contribution in [0.3, 0.4) is 0 Å². The third-order valence-electron chi connectivity index (χ3n) is 6.80. The number of carbonyl (C=O) groups excluding carboxylic acids is 4. The summed E-state index contributed by atoms with van der Waals surface area (Å²) in [5.74, 6) is 0.163.